The van der Waals surface area contributed by atoms with Crippen molar-refractivity contribution in [2.45, 2.75) is 32.4 Å². The SMILES string of the molecule is CC1C(=O)N2c3ccc4c(c3-c3ccccc31)NC(=O)[C@H](C)N[N+]2(Cc1ccccc1)C(=O)N4O. The van der Waals surface area contributed by atoms with Crippen molar-refractivity contribution >= 4 is 34.9 Å². The summed E-state index contributed by atoms with van der Waals surface area (Å²) in [6.45, 7) is 3.42. The van der Waals surface area contributed by atoms with E-state index in [2.05, 4.69) is 10.7 Å². The van der Waals surface area contributed by atoms with Gasteiger partial charge in [-0.05, 0) is 37.1 Å². The maximum absolute atomic E-state index is 14.2. The zero-order chi connectivity index (χ0) is 24.5. The number of rotatable bonds is 2. The van der Waals surface area contributed by atoms with Gasteiger partial charge in [0.05, 0.1) is 11.6 Å². The fourth-order valence-electron chi connectivity index (χ4n) is 5.32. The number of quaternary nitrogens is 1. The fourth-order valence-corrected chi connectivity index (χ4v) is 5.32. The van der Waals surface area contributed by atoms with E-state index in [0.717, 1.165) is 16.7 Å². The highest BCUT2D eigenvalue weighted by Gasteiger charge is 2.58. The Labute approximate surface area is 201 Å². The molecule has 5 aliphatic rings. The van der Waals surface area contributed by atoms with Crippen LogP contribution in [0.2, 0.25) is 0 Å². The fraction of sp³-hybridized carbons (Fsp3) is 0.192. The van der Waals surface area contributed by atoms with Crippen LogP contribution in [0, 0.1) is 0 Å². The molecule has 3 atom stereocenters. The molecule has 2 unspecified atom stereocenters. The number of anilines is 3. The summed E-state index contributed by atoms with van der Waals surface area (Å²) in [4.78, 5) is 41.7. The molecule has 6 bridgehead atoms. The molecule has 0 aliphatic carbocycles. The van der Waals surface area contributed by atoms with Gasteiger partial charge < -0.3 is 5.32 Å². The van der Waals surface area contributed by atoms with Crippen molar-refractivity contribution in [3.05, 3.63) is 77.9 Å². The van der Waals surface area contributed by atoms with Gasteiger partial charge in [0.1, 0.15) is 17.4 Å². The largest absolute Gasteiger partial charge is 0.492 e. The van der Waals surface area contributed by atoms with Crippen LogP contribution < -0.4 is 20.8 Å². The van der Waals surface area contributed by atoms with Crippen LogP contribution in [0.15, 0.2) is 66.7 Å². The van der Waals surface area contributed by atoms with Crippen molar-refractivity contribution in [3.63, 3.8) is 0 Å². The topological polar surface area (TPSA) is 102 Å². The summed E-state index contributed by atoms with van der Waals surface area (Å²) in [6.07, 6.45) is 0. The van der Waals surface area contributed by atoms with Gasteiger partial charge in [-0.15, -0.1) is 15.5 Å². The minimum absolute atomic E-state index is 0.0175. The predicted molar refractivity (Wildman–Crippen MR) is 129 cm³/mol. The number of amides is 4. The molecular weight excluding hydrogens is 446 g/mol. The Balaban J connectivity index is 1.76. The first-order chi connectivity index (χ1) is 16.8. The number of nitrogens with zero attached hydrogens (tertiary/aromatic N) is 3. The van der Waals surface area contributed by atoms with E-state index in [-0.39, 0.29) is 29.7 Å². The first-order valence-electron chi connectivity index (χ1n) is 11.5. The first kappa shape index (κ1) is 21.5. The number of urea groups is 1. The summed E-state index contributed by atoms with van der Waals surface area (Å²) in [6, 6.07) is 18.3. The molecule has 0 spiro atoms. The molecule has 5 aliphatic heterocycles. The molecule has 9 nitrogen and oxygen atoms in total. The van der Waals surface area contributed by atoms with Gasteiger partial charge in [-0.2, -0.15) is 4.79 Å². The Bertz CT molecular complexity index is 1410. The maximum Gasteiger partial charge on any atom is 0.492 e. The van der Waals surface area contributed by atoms with Crippen LogP contribution in [-0.2, 0) is 16.1 Å². The Hall–Kier alpha value is -4.05. The third-order valence-electron chi connectivity index (χ3n) is 7.04. The first-order valence-corrected chi connectivity index (χ1v) is 11.5. The van der Waals surface area contributed by atoms with Crippen molar-refractivity contribution < 1.29 is 24.3 Å². The number of hydrogen-bond donors (Lipinski definition) is 3. The monoisotopic (exact) mass is 470 g/mol. The third kappa shape index (κ3) is 2.89. The Morgan fingerprint density at radius 1 is 0.914 bits per heavy atom. The summed E-state index contributed by atoms with van der Waals surface area (Å²) in [7, 11) is 0. The van der Waals surface area contributed by atoms with E-state index in [1.165, 1.54) is 5.01 Å². The second-order valence-electron chi connectivity index (χ2n) is 9.16. The van der Waals surface area contributed by atoms with Crippen LogP contribution in [0.4, 0.5) is 21.9 Å². The maximum atomic E-state index is 14.2. The van der Waals surface area contributed by atoms with Crippen molar-refractivity contribution in [2.75, 3.05) is 15.4 Å². The second kappa shape index (κ2) is 7.47. The van der Waals surface area contributed by atoms with Gasteiger partial charge in [0.2, 0.25) is 5.91 Å². The van der Waals surface area contributed by atoms with Crippen LogP contribution >= 0.6 is 0 Å². The number of nitrogens with one attached hydrogen (secondary N) is 2. The minimum atomic E-state index is -0.871. The van der Waals surface area contributed by atoms with Gasteiger partial charge in [0.15, 0.2) is 6.54 Å². The summed E-state index contributed by atoms with van der Waals surface area (Å²) >= 11 is 0. The van der Waals surface area contributed by atoms with Gasteiger partial charge in [-0.3, -0.25) is 14.8 Å². The van der Waals surface area contributed by atoms with Crippen molar-refractivity contribution in [1.82, 2.24) is 5.43 Å². The lowest BCUT2D eigenvalue weighted by Crippen LogP contribution is -2.76. The van der Waals surface area contributed by atoms with Crippen LogP contribution in [0.5, 0.6) is 0 Å². The van der Waals surface area contributed by atoms with Crippen LogP contribution in [0.25, 0.3) is 11.1 Å². The van der Waals surface area contributed by atoms with Crippen LogP contribution in [0.3, 0.4) is 0 Å². The average molecular weight is 471 g/mol. The Morgan fingerprint density at radius 2 is 1.60 bits per heavy atom. The highest BCUT2D eigenvalue weighted by molar-refractivity contribution is 6.14. The predicted octanol–water partition coefficient (Wildman–Crippen LogP) is 3.91. The molecule has 3 aromatic rings. The molecule has 8 rings (SSSR count). The summed E-state index contributed by atoms with van der Waals surface area (Å²) in [5, 5.41) is 16.1. The van der Waals surface area contributed by atoms with E-state index in [1.54, 1.807) is 19.1 Å². The van der Waals surface area contributed by atoms with E-state index in [9.17, 15) is 19.6 Å². The second-order valence-corrected chi connectivity index (χ2v) is 9.16. The molecule has 4 amide bonds. The number of hydrogen-bond acceptors (Lipinski definition) is 5. The smallest absolute Gasteiger partial charge is 0.322 e. The van der Waals surface area contributed by atoms with Crippen LogP contribution in [0.1, 0.15) is 30.9 Å². The van der Waals surface area contributed by atoms with Gasteiger partial charge >= 0.3 is 6.03 Å². The van der Waals surface area contributed by atoms with E-state index in [4.69, 9.17) is 0 Å². The molecule has 176 valence electrons. The quantitative estimate of drug-likeness (QED) is 0.389. The molecule has 0 saturated carbocycles. The standard InChI is InChI=1S/C26H23N5O4/c1-15-18-10-6-7-11-19(18)22-20-12-13-21-23(22)27-24(32)16(2)28-31(26(34)30(21)35,29(20)25(15)33)14-17-8-4-3-5-9-17/h3-13,15-16,28,35H,14H2,1-2H3/p+1/t15?,16-,31?/m0/s1. The van der Waals surface area contributed by atoms with E-state index < -0.39 is 22.7 Å². The Kier molecular flexibility index (Phi) is 4.59. The van der Waals surface area contributed by atoms with Gasteiger partial charge in [0.25, 0.3) is 5.91 Å². The summed E-state index contributed by atoms with van der Waals surface area (Å²) in [5.41, 5.74) is 6.88. The zero-order valence-corrected chi connectivity index (χ0v) is 19.2. The molecule has 35 heavy (non-hydrogen) atoms. The lowest BCUT2D eigenvalue weighted by molar-refractivity contribution is -0.911. The molecule has 5 heterocycles. The number of carbonyl (C=O) groups excluding carboxylic acids is 3. The Morgan fingerprint density at radius 3 is 2.37 bits per heavy atom. The van der Waals surface area contributed by atoms with Crippen LogP contribution in [-0.4, -0.2) is 33.8 Å². The lowest BCUT2D eigenvalue weighted by atomic mass is 9.91. The molecule has 3 aromatic carbocycles. The third-order valence-corrected chi connectivity index (χ3v) is 7.04. The molecule has 3 N–H and O–H groups in total. The van der Waals surface area contributed by atoms with Crippen molar-refractivity contribution in [3.8, 4) is 11.1 Å². The average Bonchev–Trinajstić information content (AvgIpc) is 2.93. The number of benzene rings is 3. The van der Waals surface area contributed by atoms with E-state index in [1.807, 2.05) is 61.5 Å². The highest BCUT2D eigenvalue weighted by atomic mass is 16.5. The minimum Gasteiger partial charge on any atom is -0.322 e. The summed E-state index contributed by atoms with van der Waals surface area (Å²) in [5.74, 6) is -1.30. The molecule has 9 heteroatoms. The van der Waals surface area contributed by atoms with Gasteiger partial charge in [0, 0.05) is 11.1 Å². The zero-order valence-electron chi connectivity index (χ0n) is 19.2. The van der Waals surface area contributed by atoms with E-state index >= 15 is 0 Å². The van der Waals surface area contributed by atoms with Crippen molar-refractivity contribution in [1.29, 1.82) is 0 Å². The number of hydroxylamine groups is 1. The molecule has 0 saturated heterocycles. The van der Waals surface area contributed by atoms with E-state index in [0.29, 0.717) is 16.3 Å². The molecule has 0 radical (unpaired) electrons. The van der Waals surface area contributed by atoms with Gasteiger partial charge in [-0.1, -0.05) is 59.3 Å². The van der Waals surface area contributed by atoms with Crippen molar-refractivity contribution in [2.24, 2.45) is 0 Å². The normalized spacial score (nSPS) is 24.8. The lowest BCUT2D eigenvalue weighted by Gasteiger charge is -2.45. The van der Waals surface area contributed by atoms with Gasteiger partial charge in [-0.25, -0.2) is 0 Å². The number of fused-ring (bicyclic) bond motifs is 5. The molecule has 0 fully saturated rings. The molecular formula is C26H24N5O4+. The summed E-state index contributed by atoms with van der Waals surface area (Å²) < 4.78 is -0.813. The highest BCUT2D eigenvalue weighted by Crippen LogP contribution is 2.52. The molecule has 0 aromatic heterocycles. The number of carbonyl (C=O) groups is 3.